The summed E-state index contributed by atoms with van der Waals surface area (Å²) < 4.78 is 0. The van der Waals surface area contributed by atoms with Crippen molar-refractivity contribution < 1.29 is 4.79 Å². The number of amidine groups is 2. The predicted molar refractivity (Wildman–Crippen MR) is 129 cm³/mol. The quantitative estimate of drug-likeness (QED) is 0.443. The van der Waals surface area contributed by atoms with Crippen LogP contribution < -0.4 is 10.2 Å². The summed E-state index contributed by atoms with van der Waals surface area (Å²) in [5.74, 6) is 0.298. The zero-order chi connectivity index (χ0) is 22.3. The highest BCUT2D eigenvalue weighted by atomic mass is 35.5. The van der Waals surface area contributed by atoms with Gasteiger partial charge < -0.3 is 5.32 Å². The highest BCUT2D eigenvalue weighted by Crippen LogP contribution is 2.40. The van der Waals surface area contributed by atoms with Crippen molar-refractivity contribution >= 4 is 51.2 Å². The number of nitrogens with one attached hydrogen (secondary N) is 3. The Labute approximate surface area is 191 Å². The van der Waals surface area contributed by atoms with E-state index in [9.17, 15) is 4.79 Å². The third-order valence-corrected chi connectivity index (χ3v) is 7.39. The van der Waals surface area contributed by atoms with Crippen molar-refractivity contribution in [2.75, 3.05) is 4.90 Å². The van der Waals surface area contributed by atoms with Gasteiger partial charge in [0.1, 0.15) is 22.7 Å². The molecule has 1 aliphatic heterocycles. The number of rotatable bonds is 4. The molecule has 6 nitrogen and oxygen atoms in total. The molecular formula is C23H26ClN5OS. The van der Waals surface area contributed by atoms with Crippen molar-refractivity contribution in [2.24, 2.45) is 4.99 Å². The van der Waals surface area contributed by atoms with Gasteiger partial charge in [-0.1, -0.05) is 23.7 Å². The highest BCUT2D eigenvalue weighted by Gasteiger charge is 2.35. The second-order valence-corrected chi connectivity index (χ2v) is 9.81. The molecule has 31 heavy (non-hydrogen) atoms. The first-order valence-corrected chi connectivity index (χ1v) is 11.6. The number of amides is 1. The van der Waals surface area contributed by atoms with Crippen LogP contribution in [0.5, 0.6) is 0 Å². The number of anilines is 1. The molecule has 0 saturated heterocycles. The summed E-state index contributed by atoms with van der Waals surface area (Å²) in [5, 5.41) is 21.8. The van der Waals surface area contributed by atoms with Crippen LogP contribution in [-0.2, 0) is 4.79 Å². The van der Waals surface area contributed by atoms with Gasteiger partial charge in [-0.05, 0) is 57.7 Å². The first-order valence-electron chi connectivity index (χ1n) is 10.4. The van der Waals surface area contributed by atoms with E-state index in [-0.39, 0.29) is 30.0 Å². The molecule has 1 fully saturated rings. The predicted octanol–water partition coefficient (Wildman–Crippen LogP) is 5.08. The van der Waals surface area contributed by atoms with E-state index in [1.54, 1.807) is 23.2 Å². The van der Waals surface area contributed by atoms with Gasteiger partial charge in [0.05, 0.1) is 12.1 Å². The van der Waals surface area contributed by atoms with Gasteiger partial charge in [0.25, 0.3) is 0 Å². The summed E-state index contributed by atoms with van der Waals surface area (Å²) in [6.07, 6.45) is 3.25. The topological polar surface area (TPSA) is 92.4 Å². The largest absolute Gasteiger partial charge is 0.353 e. The molecule has 0 spiro atoms. The van der Waals surface area contributed by atoms with Crippen LogP contribution in [0.4, 0.5) is 5.00 Å². The van der Waals surface area contributed by atoms with E-state index in [0.29, 0.717) is 5.02 Å². The van der Waals surface area contributed by atoms with Crippen molar-refractivity contribution in [2.45, 2.75) is 58.5 Å². The third-order valence-electron chi connectivity index (χ3n) is 5.95. The SMILES string of the molecule is CC(=N)N1C(=N)[C@H](CC(=O)NC2CCC2)N=C(c2ccc(Cl)cc2)c2c1sc(C)c2C. The minimum absolute atomic E-state index is 0.0865. The number of aryl methyl sites for hydroxylation is 1. The van der Waals surface area contributed by atoms with E-state index in [1.165, 1.54) is 0 Å². The van der Waals surface area contributed by atoms with Crippen molar-refractivity contribution in [1.82, 2.24) is 5.32 Å². The Morgan fingerprint density at radius 3 is 2.55 bits per heavy atom. The van der Waals surface area contributed by atoms with E-state index in [1.807, 2.05) is 38.1 Å². The molecule has 162 valence electrons. The molecule has 2 aliphatic rings. The van der Waals surface area contributed by atoms with Gasteiger partial charge in [-0.25, -0.2) is 0 Å². The van der Waals surface area contributed by atoms with E-state index < -0.39 is 6.04 Å². The lowest BCUT2D eigenvalue weighted by atomic mass is 9.93. The minimum atomic E-state index is -0.676. The average molecular weight is 456 g/mol. The van der Waals surface area contributed by atoms with Gasteiger partial charge in [0, 0.05) is 27.1 Å². The van der Waals surface area contributed by atoms with Gasteiger partial charge in [-0.3, -0.25) is 25.5 Å². The summed E-state index contributed by atoms with van der Waals surface area (Å²) in [5.41, 5.74) is 3.62. The van der Waals surface area contributed by atoms with Crippen LogP contribution in [0.15, 0.2) is 29.3 Å². The van der Waals surface area contributed by atoms with Crippen LogP contribution in [0.3, 0.4) is 0 Å². The number of nitrogens with zero attached hydrogens (tertiary/aromatic N) is 2. The monoisotopic (exact) mass is 455 g/mol. The molecule has 0 radical (unpaired) electrons. The zero-order valence-electron chi connectivity index (χ0n) is 17.9. The lowest BCUT2D eigenvalue weighted by molar-refractivity contribution is -0.122. The fourth-order valence-electron chi connectivity index (χ4n) is 3.90. The molecular weight excluding hydrogens is 430 g/mol. The summed E-state index contributed by atoms with van der Waals surface area (Å²) in [4.78, 5) is 20.4. The number of aliphatic imine (C=N–C) groups is 1. The molecule has 8 heteroatoms. The van der Waals surface area contributed by atoms with Crippen molar-refractivity contribution in [3.8, 4) is 0 Å². The van der Waals surface area contributed by atoms with E-state index in [4.69, 9.17) is 27.4 Å². The molecule has 1 amide bonds. The van der Waals surface area contributed by atoms with E-state index in [0.717, 1.165) is 51.5 Å². The molecule has 1 aromatic heterocycles. The smallest absolute Gasteiger partial charge is 0.222 e. The lowest BCUT2D eigenvalue weighted by Crippen LogP contribution is -2.44. The number of halogens is 1. The summed E-state index contributed by atoms with van der Waals surface area (Å²) in [6.45, 7) is 5.75. The molecule has 0 unspecified atom stereocenters. The maximum absolute atomic E-state index is 12.7. The maximum Gasteiger partial charge on any atom is 0.222 e. The van der Waals surface area contributed by atoms with Crippen LogP contribution in [-0.4, -0.2) is 35.4 Å². The highest BCUT2D eigenvalue weighted by molar-refractivity contribution is 7.17. The number of benzene rings is 1. The van der Waals surface area contributed by atoms with Crippen LogP contribution in [0.1, 0.15) is 54.2 Å². The van der Waals surface area contributed by atoms with Crippen LogP contribution in [0, 0.1) is 24.7 Å². The van der Waals surface area contributed by atoms with E-state index in [2.05, 4.69) is 5.32 Å². The number of hydrogen-bond acceptors (Lipinski definition) is 5. The fourth-order valence-corrected chi connectivity index (χ4v) is 5.25. The normalized spacial score (nSPS) is 18.7. The summed E-state index contributed by atoms with van der Waals surface area (Å²) in [7, 11) is 0. The van der Waals surface area contributed by atoms with E-state index >= 15 is 0 Å². The van der Waals surface area contributed by atoms with Crippen LogP contribution >= 0.6 is 22.9 Å². The van der Waals surface area contributed by atoms with Crippen molar-refractivity contribution in [3.05, 3.63) is 50.9 Å². The Balaban J connectivity index is 1.82. The Hall–Kier alpha value is -2.51. The van der Waals surface area contributed by atoms with Crippen LogP contribution in [0.2, 0.25) is 5.02 Å². The second-order valence-electron chi connectivity index (χ2n) is 8.17. The Bertz CT molecular complexity index is 1080. The molecule has 0 bridgehead atoms. The zero-order valence-corrected chi connectivity index (χ0v) is 19.5. The Morgan fingerprint density at radius 2 is 1.97 bits per heavy atom. The molecule has 1 aliphatic carbocycles. The Morgan fingerprint density at radius 1 is 1.29 bits per heavy atom. The number of carbonyl (C=O) groups excluding carboxylic acids is 1. The minimum Gasteiger partial charge on any atom is -0.353 e. The van der Waals surface area contributed by atoms with Gasteiger partial charge in [-0.2, -0.15) is 0 Å². The van der Waals surface area contributed by atoms with Crippen molar-refractivity contribution in [1.29, 1.82) is 10.8 Å². The maximum atomic E-state index is 12.7. The standard InChI is InChI=1S/C23H26ClN5OS/c1-12-13(2)31-23-20(12)21(15-7-9-16(24)10-8-15)28-18(22(26)29(23)14(3)25)11-19(30)27-17-5-4-6-17/h7-10,17-18,25-26H,4-6,11H2,1-3H3,(H,27,30)/t18-/m0/s1. The fraction of sp³-hybridized carbons (Fsp3) is 0.391. The number of hydrogen-bond donors (Lipinski definition) is 3. The third kappa shape index (κ3) is 4.16. The molecule has 2 heterocycles. The molecule has 1 aromatic carbocycles. The first-order chi connectivity index (χ1) is 14.8. The molecule has 2 aromatic rings. The summed E-state index contributed by atoms with van der Waals surface area (Å²) in [6, 6.07) is 7.03. The van der Waals surface area contributed by atoms with Crippen LogP contribution in [0.25, 0.3) is 0 Å². The average Bonchev–Trinajstić information content (AvgIpc) is 2.90. The van der Waals surface area contributed by atoms with Crippen molar-refractivity contribution in [3.63, 3.8) is 0 Å². The van der Waals surface area contributed by atoms with Gasteiger partial charge in [0.2, 0.25) is 5.91 Å². The van der Waals surface area contributed by atoms with Gasteiger partial charge in [0.15, 0.2) is 0 Å². The first kappa shape index (κ1) is 21.7. The molecule has 4 rings (SSSR count). The number of carbonyl (C=O) groups is 1. The lowest BCUT2D eigenvalue weighted by Gasteiger charge is -2.28. The molecule has 1 saturated carbocycles. The second kappa shape index (κ2) is 8.55. The number of thiophene rings is 1. The molecule has 1 atom stereocenters. The Kier molecular flexibility index (Phi) is 5.99. The number of fused-ring (bicyclic) bond motifs is 1. The van der Waals surface area contributed by atoms with Gasteiger partial charge in [-0.15, -0.1) is 11.3 Å². The molecule has 3 N–H and O–H groups in total. The summed E-state index contributed by atoms with van der Waals surface area (Å²) >= 11 is 7.66. The van der Waals surface area contributed by atoms with Gasteiger partial charge >= 0.3 is 0 Å².